The third-order valence-corrected chi connectivity index (χ3v) is 4.85. The quantitative estimate of drug-likeness (QED) is 0.475. The molecule has 0 bridgehead atoms. The van der Waals surface area contributed by atoms with E-state index in [9.17, 15) is 4.79 Å². The Morgan fingerprint density at radius 3 is 2.59 bits per heavy atom. The Morgan fingerprint density at radius 2 is 1.81 bits per heavy atom. The highest BCUT2D eigenvalue weighted by Crippen LogP contribution is 2.28. The Balaban J connectivity index is 1.64. The molecule has 0 aliphatic carbocycles. The molecule has 1 heterocycles. The maximum absolute atomic E-state index is 12.4. The fourth-order valence-corrected chi connectivity index (χ4v) is 3.07. The molecular weight excluding hydrogens is 360 g/mol. The predicted octanol–water partition coefficient (Wildman–Crippen LogP) is 6.02. The minimum absolute atomic E-state index is 0.266. The third-order valence-electron chi connectivity index (χ3n) is 4.52. The molecule has 4 aromatic rings. The van der Waals surface area contributed by atoms with Crippen molar-refractivity contribution in [2.24, 2.45) is 0 Å². The molecule has 0 radical (unpaired) electrons. The number of nitrogens with zero attached hydrogens (tertiary/aromatic N) is 1. The number of aryl methyl sites for hydroxylation is 2. The smallest absolute Gasteiger partial charge is 0.257 e. The van der Waals surface area contributed by atoms with Crippen molar-refractivity contribution in [2.75, 3.05) is 5.32 Å². The van der Waals surface area contributed by atoms with Crippen LogP contribution in [-0.2, 0) is 0 Å². The van der Waals surface area contributed by atoms with Gasteiger partial charge in [0.1, 0.15) is 5.52 Å². The summed E-state index contributed by atoms with van der Waals surface area (Å²) < 4.78 is 5.87. The second-order valence-corrected chi connectivity index (χ2v) is 6.84. The van der Waals surface area contributed by atoms with E-state index in [2.05, 4.69) is 36.3 Å². The molecule has 0 saturated heterocycles. The van der Waals surface area contributed by atoms with Gasteiger partial charge in [-0.15, -0.1) is 0 Å². The number of aromatic nitrogens is 1. The molecule has 0 atom stereocenters. The van der Waals surface area contributed by atoms with Crippen LogP contribution in [0.15, 0.2) is 65.1 Å². The van der Waals surface area contributed by atoms with Crippen molar-refractivity contribution >= 4 is 34.3 Å². The monoisotopic (exact) mass is 376 g/mol. The number of carbonyl (C=O) groups excluding carboxylic acids is 1. The number of rotatable bonds is 3. The van der Waals surface area contributed by atoms with Crippen LogP contribution >= 0.6 is 11.6 Å². The van der Waals surface area contributed by atoms with Crippen LogP contribution in [0.1, 0.15) is 21.5 Å². The fraction of sp³-hybridized carbons (Fsp3) is 0.0909. The van der Waals surface area contributed by atoms with Crippen molar-refractivity contribution in [3.8, 4) is 11.5 Å². The standard InChI is InChI=1S/C22H17ClN2O2/c1-13-7-8-15(11-14(13)2)22-25-19-12-16(9-10-20(19)27-22)24-21(26)17-5-3-4-6-18(17)23/h3-12H,1-2H3,(H,24,26). The van der Waals surface area contributed by atoms with E-state index >= 15 is 0 Å². The van der Waals surface area contributed by atoms with Crippen molar-refractivity contribution < 1.29 is 9.21 Å². The highest BCUT2D eigenvalue weighted by atomic mass is 35.5. The Kier molecular flexibility index (Phi) is 4.42. The summed E-state index contributed by atoms with van der Waals surface area (Å²) in [5, 5.41) is 3.26. The average molecular weight is 377 g/mol. The normalized spacial score (nSPS) is 10.9. The van der Waals surface area contributed by atoms with Crippen LogP contribution < -0.4 is 5.32 Å². The summed E-state index contributed by atoms with van der Waals surface area (Å²) >= 11 is 6.09. The lowest BCUT2D eigenvalue weighted by Crippen LogP contribution is -2.12. The van der Waals surface area contributed by atoms with Gasteiger partial charge in [0.2, 0.25) is 5.89 Å². The minimum Gasteiger partial charge on any atom is -0.436 e. The van der Waals surface area contributed by atoms with E-state index < -0.39 is 0 Å². The molecule has 4 nitrogen and oxygen atoms in total. The van der Waals surface area contributed by atoms with Crippen LogP contribution in [0.25, 0.3) is 22.6 Å². The molecule has 27 heavy (non-hydrogen) atoms. The molecule has 0 fully saturated rings. The largest absolute Gasteiger partial charge is 0.436 e. The van der Waals surface area contributed by atoms with Crippen LogP contribution in [0, 0.1) is 13.8 Å². The highest BCUT2D eigenvalue weighted by molar-refractivity contribution is 6.34. The molecule has 0 aliphatic heterocycles. The molecule has 0 aliphatic rings. The lowest BCUT2D eigenvalue weighted by Gasteiger charge is -2.06. The number of carbonyl (C=O) groups is 1. The van der Waals surface area contributed by atoms with Gasteiger partial charge in [-0.1, -0.05) is 29.8 Å². The molecule has 0 saturated carbocycles. The molecule has 4 rings (SSSR count). The highest BCUT2D eigenvalue weighted by Gasteiger charge is 2.13. The lowest BCUT2D eigenvalue weighted by atomic mass is 10.1. The summed E-state index contributed by atoms with van der Waals surface area (Å²) in [6, 6.07) is 18.4. The van der Waals surface area contributed by atoms with Crippen LogP contribution in [0.2, 0.25) is 5.02 Å². The number of amides is 1. The topological polar surface area (TPSA) is 55.1 Å². The first-order valence-corrected chi connectivity index (χ1v) is 8.93. The van der Waals surface area contributed by atoms with Gasteiger partial charge in [-0.25, -0.2) is 4.98 Å². The molecule has 1 N–H and O–H groups in total. The second-order valence-electron chi connectivity index (χ2n) is 6.43. The Hall–Kier alpha value is -3.11. The van der Waals surface area contributed by atoms with Gasteiger partial charge < -0.3 is 9.73 Å². The first-order valence-electron chi connectivity index (χ1n) is 8.55. The van der Waals surface area contributed by atoms with Crippen LogP contribution in [0.5, 0.6) is 0 Å². The Labute approximate surface area is 161 Å². The fourth-order valence-electron chi connectivity index (χ4n) is 2.85. The number of nitrogens with one attached hydrogen (secondary N) is 1. The van der Waals surface area contributed by atoms with Gasteiger partial charge in [-0.2, -0.15) is 0 Å². The van der Waals surface area contributed by atoms with E-state index in [0.717, 1.165) is 5.56 Å². The van der Waals surface area contributed by atoms with Crippen LogP contribution in [-0.4, -0.2) is 10.9 Å². The molecule has 5 heteroatoms. The summed E-state index contributed by atoms with van der Waals surface area (Å²) in [4.78, 5) is 17.0. The Bertz CT molecular complexity index is 1160. The average Bonchev–Trinajstić information content (AvgIpc) is 3.07. The molecule has 1 amide bonds. The lowest BCUT2D eigenvalue weighted by molar-refractivity contribution is 0.102. The number of hydrogen-bond acceptors (Lipinski definition) is 3. The zero-order valence-corrected chi connectivity index (χ0v) is 15.7. The van der Waals surface area contributed by atoms with Gasteiger partial charge in [0.25, 0.3) is 5.91 Å². The van der Waals surface area contributed by atoms with E-state index in [4.69, 9.17) is 16.0 Å². The molecule has 0 spiro atoms. The SMILES string of the molecule is Cc1ccc(-c2nc3cc(NC(=O)c4ccccc4Cl)ccc3o2)cc1C. The summed E-state index contributed by atoms with van der Waals surface area (Å²) in [7, 11) is 0. The maximum atomic E-state index is 12.4. The minimum atomic E-state index is -0.266. The van der Waals surface area contributed by atoms with Crippen molar-refractivity contribution in [1.29, 1.82) is 0 Å². The van der Waals surface area contributed by atoms with E-state index in [1.54, 1.807) is 42.5 Å². The van der Waals surface area contributed by atoms with Gasteiger partial charge >= 0.3 is 0 Å². The molecule has 134 valence electrons. The zero-order valence-electron chi connectivity index (χ0n) is 14.9. The van der Waals surface area contributed by atoms with E-state index in [1.165, 1.54) is 11.1 Å². The molecule has 1 aromatic heterocycles. The van der Waals surface area contributed by atoms with E-state index in [-0.39, 0.29) is 5.91 Å². The summed E-state index contributed by atoms with van der Waals surface area (Å²) in [6.07, 6.45) is 0. The number of benzene rings is 3. The van der Waals surface area contributed by atoms with Crippen LogP contribution in [0.3, 0.4) is 0 Å². The first-order chi connectivity index (χ1) is 13.0. The van der Waals surface area contributed by atoms with Crippen LogP contribution in [0.4, 0.5) is 5.69 Å². The number of oxazole rings is 1. The number of anilines is 1. The number of hydrogen-bond donors (Lipinski definition) is 1. The van der Waals surface area contributed by atoms with Crippen molar-refractivity contribution in [2.45, 2.75) is 13.8 Å². The number of fused-ring (bicyclic) bond motifs is 1. The first kappa shape index (κ1) is 17.3. The Morgan fingerprint density at radius 1 is 1.00 bits per heavy atom. The van der Waals surface area contributed by atoms with Gasteiger partial charge in [-0.05, 0) is 67.4 Å². The van der Waals surface area contributed by atoms with Gasteiger partial charge in [0.05, 0.1) is 10.6 Å². The third kappa shape index (κ3) is 3.44. The maximum Gasteiger partial charge on any atom is 0.257 e. The molecule has 0 unspecified atom stereocenters. The summed E-state index contributed by atoms with van der Waals surface area (Å²) in [5.41, 5.74) is 5.74. The summed E-state index contributed by atoms with van der Waals surface area (Å²) in [6.45, 7) is 4.13. The van der Waals surface area contributed by atoms with Gasteiger partial charge in [0, 0.05) is 11.3 Å². The van der Waals surface area contributed by atoms with Crippen molar-refractivity contribution in [3.63, 3.8) is 0 Å². The second kappa shape index (κ2) is 6.89. The van der Waals surface area contributed by atoms with Gasteiger partial charge in [0.15, 0.2) is 5.58 Å². The zero-order chi connectivity index (χ0) is 19.0. The molecule has 3 aromatic carbocycles. The summed E-state index contributed by atoms with van der Waals surface area (Å²) in [5.74, 6) is 0.292. The van der Waals surface area contributed by atoms with E-state index in [0.29, 0.717) is 33.3 Å². The number of halogens is 1. The predicted molar refractivity (Wildman–Crippen MR) is 108 cm³/mol. The van der Waals surface area contributed by atoms with E-state index in [1.807, 2.05) is 6.07 Å². The van der Waals surface area contributed by atoms with Gasteiger partial charge in [-0.3, -0.25) is 4.79 Å². The van der Waals surface area contributed by atoms with Crippen molar-refractivity contribution in [3.05, 3.63) is 82.4 Å². The van der Waals surface area contributed by atoms with Crippen molar-refractivity contribution in [1.82, 2.24) is 4.98 Å². The molecular formula is C22H17ClN2O2.